The highest BCUT2D eigenvalue weighted by Gasteiger charge is 2.41. The summed E-state index contributed by atoms with van der Waals surface area (Å²) in [4.78, 5) is 0. The standard InChI is InChI=1S/C13H25NO2S/c1-3-7-13(2,10-14-12-4-5-12)11-6-8-17(15,16)9-11/h11-12,14H,3-10H2,1-2H3. The second-order valence-electron chi connectivity index (χ2n) is 6.16. The van der Waals surface area contributed by atoms with E-state index < -0.39 is 9.84 Å². The molecule has 0 aromatic rings. The van der Waals surface area contributed by atoms with Crippen molar-refractivity contribution in [2.24, 2.45) is 11.3 Å². The van der Waals surface area contributed by atoms with E-state index >= 15 is 0 Å². The Kier molecular flexibility index (Phi) is 3.83. The Morgan fingerprint density at radius 1 is 1.29 bits per heavy atom. The molecule has 0 amide bonds. The lowest BCUT2D eigenvalue weighted by atomic mass is 9.73. The predicted molar refractivity (Wildman–Crippen MR) is 70.8 cm³/mol. The molecule has 2 atom stereocenters. The van der Waals surface area contributed by atoms with Crippen molar-refractivity contribution in [1.29, 1.82) is 0 Å². The van der Waals surface area contributed by atoms with Crippen LogP contribution in [-0.4, -0.2) is 32.5 Å². The molecule has 1 aliphatic heterocycles. The second kappa shape index (κ2) is 4.88. The van der Waals surface area contributed by atoms with Crippen molar-refractivity contribution in [3.63, 3.8) is 0 Å². The van der Waals surface area contributed by atoms with E-state index in [4.69, 9.17) is 0 Å². The molecule has 2 unspecified atom stereocenters. The molecule has 3 nitrogen and oxygen atoms in total. The topological polar surface area (TPSA) is 46.2 Å². The smallest absolute Gasteiger partial charge is 0.150 e. The van der Waals surface area contributed by atoms with Gasteiger partial charge in [0.1, 0.15) is 0 Å². The highest BCUT2D eigenvalue weighted by atomic mass is 32.2. The molecule has 1 N–H and O–H groups in total. The van der Waals surface area contributed by atoms with Crippen LogP contribution in [0.25, 0.3) is 0 Å². The van der Waals surface area contributed by atoms with Crippen LogP contribution in [0.3, 0.4) is 0 Å². The van der Waals surface area contributed by atoms with E-state index in [1.807, 2.05) is 0 Å². The van der Waals surface area contributed by atoms with E-state index in [0.29, 0.717) is 23.5 Å². The van der Waals surface area contributed by atoms with Gasteiger partial charge in [-0.1, -0.05) is 20.3 Å². The van der Waals surface area contributed by atoms with Gasteiger partial charge in [-0.2, -0.15) is 0 Å². The molecule has 100 valence electrons. The van der Waals surface area contributed by atoms with Gasteiger partial charge >= 0.3 is 0 Å². The summed E-state index contributed by atoms with van der Waals surface area (Å²) < 4.78 is 23.2. The fourth-order valence-electron chi connectivity index (χ4n) is 3.02. The summed E-state index contributed by atoms with van der Waals surface area (Å²) in [5.74, 6) is 1.18. The Hall–Kier alpha value is -0.0900. The molecule has 17 heavy (non-hydrogen) atoms. The van der Waals surface area contributed by atoms with Crippen molar-refractivity contribution in [1.82, 2.24) is 5.32 Å². The van der Waals surface area contributed by atoms with E-state index in [1.165, 1.54) is 12.8 Å². The molecule has 0 aromatic heterocycles. The van der Waals surface area contributed by atoms with E-state index in [9.17, 15) is 8.42 Å². The fourth-order valence-corrected chi connectivity index (χ4v) is 5.01. The molecule has 1 saturated carbocycles. The van der Waals surface area contributed by atoms with Gasteiger partial charge in [0.25, 0.3) is 0 Å². The quantitative estimate of drug-likeness (QED) is 0.793. The minimum Gasteiger partial charge on any atom is -0.313 e. The lowest BCUT2D eigenvalue weighted by Crippen LogP contribution is -2.39. The Bertz CT molecular complexity index is 362. The van der Waals surface area contributed by atoms with Crippen molar-refractivity contribution in [2.75, 3.05) is 18.1 Å². The third-order valence-corrected chi connectivity index (χ3v) is 6.18. The summed E-state index contributed by atoms with van der Waals surface area (Å²) in [5, 5.41) is 3.59. The normalized spacial score (nSPS) is 31.3. The predicted octanol–water partition coefficient (Wildman–Crippen LogP) is 1.98. The molecular weight excluding hydrogens is 234 g/mol. The van der Waals surface area contributed by atoms with E-state index in [1.54, 1.807) is 0 Å². The largest absolute Gasteiger partial charge is 0.313 e. The molecule has 0 aromatic carbocycles. The number of hydrogen-bond donors (Lipinski definition) is 1. The summed E-state index contributed by atoms with van der Waals surface area (Å²) in [6.07, 6.45) is 5.73. The Balaban J connectivity index is 1.98. The molecule has 0 radical (unpaired) electrons. The van der Waals surface area contributed by atoms with Gasteiger partial charge in [0.05, 0.1) is 11.5 Å². The van der Waals surface area contributed by atoms with Crippen LogP contribution >= 0.6 is 0 Å². The molecule has 0 spiro atoms. The van der Waals surface area contributed by atoms with Gasteiger partial charge in [0.15, 0.2) is 9.84 Å². The summed E-state index contributed by atoms with van der Waals surface area (Å²) in [5.41, 5.74) is 0.168. The second-order valence-corrected chi connectivity index (χ2v) is 8.39. The van der Waals surface area contributed by atoms with Crippen LogP contribution < -0.4 is 5.32 Å². The molecule has 4 heteroatoms. The van der Waals surface area contributed by atoms with Gasteiger partial charge in [-0.05, 0) is 37.0 Å². The maximum atomic E-state index is 11.6. The van der Waals surface area contributed by atoms with E-state index in [0.717, 1.165) is 25.8 Å². The molecule has 0 bridgehead atoms. The molecule has 1 aliphatic carbocycles. The number of rotatable bonds is 6. The Morgan fingerprint density at radius 3 is 2.47 bits per heavy atom. The summed E-state index contributed by atoms with van der Waals surface area (Å²) in [6.45, 7) is 5.46. The average Bonchev–Trinajstić information content (AvgIpc) is 3.00. The zero-order valence-corrected chi connectivity index (χ0v) is 11.9. The zero-order valence-electron chi connectivity index (χ0n) is 11.0. The third kappa shape index (κ3) is 3.44. The van der Waals surface area contributed by atoms with Crippen molar-refractivity contribution >= 4 is 9.84 Å². The van der Waals surface area contributed by atoms with Gasteiger partial charge in [0, 0.05) is 12.6 Å². The van der Waals surface area contributed by atoms with Gasteiger partial charge in [0.2, 0.25) is 0 Å². The zero-order chi connectivity index (χ0) is 12.5. The van der Waals surface area contributed by atoms with Crippen LogP contribution in [0.1, 0.15) is 46.0 Å². The maximum absolute atomic E-state index is 11.6. The molecule has 2 aliphatic rings. The SMILES string of the molecule is CCCC(C)(CNC1CC1)C1CCS(=O)(=O)C1. The average molecular weight is 259 g/mol. The lowest BCUT2D eigenvalue weighted by Gasteiger charge is -2.35. The first-order valence-corrected chi connectivity index (χ1v) is 8.71. The fraction of sp³-hybridized carbons (Fsp3) is 1.00. The van der Waals surface area contributed by atoms with Gasteiger partial charge in [-0.25, -0.2) is 8.42 Å². The minimum absolute atomic E-state index is 0.168. The van der Waals surface area contributed by atoms with Gasteiger partial charge < -0.3 is 5.32 Å². The highest BCUT2D eigenvalue weighted by molar-refractivity contribution is 7.91. The molecular formula is C13H25NO2S. The van der Waals surface area contributed by atoms with Gasteiger partial charge in [-0.15, -0.1) is 0 Å². The van der Waals surface area contributed by atoms with E-state index in [-0.39, 0.29) is 5.41 Å². The number of sulfone groups is 1. The van der Waals surface area contributed by atoms with Gasteiger partial charge in [-0.3, -0.25) is 0 Å². The molecule has 1 heterocycles. The number of nitrogens with one attached hydrogen (secondary N) is 1. The van der Waals surface area contributed by atoms with Crippen molar-refractivity contribution in [3.8, 4) is 0 Å². The first-order chi connectivity index (χ1) is 7.95. The molecule has 1 saturated heterocycles. The summed E-state index contributed by atoms with van der Waals surface area (Å²) in [6, 6.07) is 0.712. The maximum Gasteiger partial charge on any atom is 0.150 e. The van der Waals surface area contributed by atoms with Crippen molar-refractivity contribution in [3.05, 3.63) is 0 Å². The Labute approximate surface area is 105 Å². The van der Waals surface area contributed by atoms with E-state index in [2.05, 4.69) is 19.2 Å². The lowest BCUT2D eigenvalue weighted by molar-refractivity contribution is 0.178. The van der Waals surface area contributed by atoms with Crippen LogP contribution in [0.2, 0.25) is 0 Å². The third-order valence-electron chi connectivity index (χ3n) is 4.41. The van der Waals surface area contributed by atoms with Crippen molar-refractivity contribution < 1.29 is 8.42 Å². The first-order valence-electron chi connectivity index (χ1n) is 6.89. The van der Waals surface area contributed by atoms with Crippen molar-refractivity contribution in [2.45, 2.75) is 52.0 Å². The van der Waals surface area contributed by atoms with Crippen LogP contribution in [0, 0.1) is 11.3 Å². The summed E-state index contributed by atoms with van der Waals surface area (Å²) >= 11 is 0. The van der Waals surface area contributed by atoms with Crippen LogP contribution in [0.5, 0.6) is 0 Å². The summed E-state index contributed by atoms with van der Waals surface area (Å²) in [7, 11) is -2.75. The highest BCUT2D eigenvalue weighted by Crippen LogP contribution is 2.39. The molecule has 2 rings (SSSR count). The monoisotopic (exact) mass is 259 g/mol. The van der Waals surface area contributed by atoms with Crippen LogP contribution in [0.4, 0.5) is 0 Å². The first kappa shape index (κ1) is 13.3. The Morgan fingerprint density at radius 2 is 2.00 bits per heavy atom. The van der Waals surface area contributed by atoms with Crippen LogP contribution in [0.15, 0.2) is 0 Å². The minimum atomic E-state index is -2.75. The molecule has 2 fully saturated rings. The van der Waals surface area contributed by atoms with Crippen LogP contribution in [-0.2, 0) is 9.84 Å². The number of hydrogen-bond acceptors (Lipinski definition) is 3.